The van der Waals surface area contributed by atoms with E-state index in [0.717, 1.165) is 12.8 Å². The average Bonchev–Trinajstić information content (AvgIpc) is 1.82. The van der Waals surface area contributed by atoms with Gasteiger partial charge < -0.3 is 5.73 Å². The van der Waals surface area contributed by atoms with E-state index in [-0.39, 0.29) is 11.3 Å². The van der Waals surface area contributed by atoms with Crippen LogP contribution in [0, 0.1) is 11.3 Å². The van der Waals surface area contributed by atoms with Crippen molar-refractivity contribution >= 4 is 5.91 Å². The molecule has 0 aromatic heterocycles. The minimum Gasteiger partial charge on any atom is -0.369 e. The van der Waals surface area contributed by atoms with Crippen LogP contribution >= 0.6 is 0 Å². The summed E-state index contributed by atoms with van der Waals surface area (Å²) in [4.78, 5) is 10.7. The number of rotatable bonds is 1. The van der Waals surface area contributed by atoms with Gasteiger partial charge in [-0.2, -0.15) is 0 Å². The van der Waals surface area contributed by atoms with Gasteiger partial charge in [0.2, 0.25) is 5.91 Å². The van der Waals surface area contributed by atoms with Gasteiger partial charge >= 0.3 is 0 Å². The summed E-state index contributed by atoms with van der Waals surface area (Å²) in [5, 5.41) is 0. The fraction of sp³-hybridized carbons (Fsp3) is 0.857. The summed E-state index contributed by atoms with van der Waals surface area (Å²) < 4.78 is 0. The second kappa shape index (κ2) is 1.72. The van der Waals surface area contributed by atoms with Crippen LogP contribution in [0.15, 0.2) is 0 Å². The van der Waals surface area contributed by atoms with Crippen molar-refractivity contribution in [3.63, 3.8) is 0 Å². The van der Waals surface area contributed by atoms with Crippen LogP contribution in [-0.4, -0.2) is 5.91 Å². The zero-order valence-corrected chi connectivity index (χ0v) is 5.98. The zero-order chi connectivity index (χ0) is 7.07. The second-order valence-electron chi connectivity index (χ2n) is 3.22. The molecule has 9 heavy (non-hydrogen) atoms. The first-order valence-corrected chi connectivity index (χ1v) is 3.37. The van der Waals surface area contributed by atoms with E-state index in [2.05, 4.69) is 6.92 Å². The Kier molecular flexibility index (Phi) is 1.26. The minimum absolute atomic E-state index is 0.138. The molecule has 0 spiro atoms. The molecule has 2 heteroatoms. The Labute approximate surface area is 55.4 Å². The number of carbonyl (C=O) groups is 1. The van der Waals surface area contributed by atoms with E-state index in [1.165, 1.54) is 0 Å². The van der Waals surface area contributed by atoms with Crippen molar-refractivity contribution in [2.75, 3.05) is 0 Å². The van der Waals surface area contributed by atoms with E-state index < -0.39 is 0 Å². The fourth-order valence-corrected chi connectivity index (χ4v) is 1.23. The van der Waals surface area contributed by atoms with Crippen molar-refractivity contribution in [3.05, 3.63) is 0 Å². The van der Waals surface area contributed by atoms with E-state index in [9.17, 15) is 4.79 Å². The van der Waals surface area contributed by atoms with E-state index in [1.54, 1.807) is 0 Å². The van der Waals surface area contributed by atoms with Gasteiger partial charge in [0.1, 0.15) is 0 Å². The third-order valence-corrected chi connectivity index (χ3v) is 2.75. The van der Waals surface area contributed by atoms with Gasteiger partial charge in [-0.3, -0.25) is 4.79 Å². The lowest BCUT2D eigenvalue weighted by Gasteiger charge is -2.42. The number of hydrogen-bond donors (Lipinski definition) is 1. The van der Waals surface area contributed by atoms with Gasteiger partial charge in [-0.25, -0.2) is 0 Å². The summed E-state index contributed by atoms with van der Waals surface area (Å²) in [7, 11) is 0. The molecule has 1 amide bonds. The molecule has 2 N–H and O–H groups in total. The van der Waals surface area contributed by atoms with E-state index >= 15 is 0 Å². The molecule has 0 aromatic rings. The average molecular weight is 127 g/mol. The molecule has 2 atom stereocenters. The lowest BCUT2D eigenvalue weighted by molar-refractivity contribution is -0.135. The zero-order valence-electron chi connectivity index (χ0n) is 5.98. The van der Waals surface area contributed by atoms with Crippen LogP contribution in [0.4, 0.5) is 0 Å². The van der Waals surface area contributed by atoms with E-state index in [0.29, 0.717) is 5.92 Å². The van der Waals surface area contributed by atoms with Gasteiger partial charge in [-0.1, -0.05) is 13.8 Å². The van der Waals surface area contributed by atoms with Crippen molar-refractivity contribution < 1.29 is 4.79 Å². The summed E-state index contributed by atoms with van der Waals surface area (Å²) in [6.45, 7) is 4.03. The molecular weight excluding hydrogens is 114 g/mol. The predicted molar refractivity (Wildman–Crippen MR) is 35.7 cm³/mol. The number of primary amides is 1. The van der Waals surface area contributed by atoms with Crippen molar-refractivity contribution in [2.24, 2.45) is 17.1 Å². The Morgan fingerprint density at radius 3 is 2.33 bits per heavy atom. The molecule has 0 aliphatic heterocycles. The third-order valence-electron chi connectivity index (χ3n) is 2.75. The summed E-state index contributed by atoms with van der Waals surface area (Å²) in [6.07, 6.45) is 2.13. The number of hydrogen-bond acceptors (Lipinski definition) is 1. The normalized spacial score (nSPS) is 41.8. The Morgan fingerprint density at radius 2 is 2.33 bits per heavy atom. The SMILES string of the molecule is CC1CCC1(C)C(N)=O. The third kappa shape index (κ3) is 0.732. The first-order valence-electron chi connectivity index (χ1n) is 3.37. The molecule has 1 aliphatic rings. The molecule has 1 fully saturated rings. The van der Waals surface area contributed by atoms with Crippen LogP contribution < -0.4 is 5.73 Å². The largest absolute Gasteiger partial charge is 0.369 e. The summed E-state index contributed by atoms with van der Waals surface area (Å²) in [6, 6.07) is 0. The van der Waals surface area contributed by atoms with Gasteiger partial charge in [0.25, 0.3) is 0 Å². The molecule has 2 unspecified atom stereocenters. The molecule has 1 rings (SSSR count). The molecule has 0 bridgehead atoms. The Bertz CT molecular complexity index is 144. The minimum atomic E-state index is -0.181. The molecule has 2 nitrogen and oxygen atoms in total. The maximum absolute atomic E-state index is 10.7. The highest BCUT2D eigenvalue weighted by atomic mass is 16.1. The molecule has 0 aromatic carbocycles. The molecule has 1 aliphatic carbocycles. The van der Waals surface area contributed by atoms with Crippen LogP contribution in [0.1, 0.15) is 26.7 Å². The van der Waals surface area contributed by atoms with Gasteiger partial charge in [-0.05, 0) is 18.8 Å². The van der Waals surface area contributed by atoms with Gasteiger partial charge in [0, 0.05) is 5.41 Å². The lowest BCUT2D eigenvalue weighted by Crippen LogP contribution is -2.46. The smallest absolute Gasteiger partial charge is 0.223 e. The lowest BCUT2D eigenvalue weighted by atomic mass is 9.62. The Morgan fingerprint density at radius 1 is 1.78 bits per heavy atom. The van der Waals surface area contributed by atoms with Gasteiger partial charge in [0.05, 0.1) is 0 Å². The summed E-state index contributed by atoms with van der Waals surface area (Å²) in [5.41, 5.74) is 5.00. The molecule has 52 valence electrons. The van der Waals surface area contributed by atoms with Crippen molar-refractivity contribution in [1.82, 2.24) is 0 Å². The predicted octanol–water partition coefficient (Wildman–Crippen LogP) is 0.908. The van der Waals surface area contributed by atoms with Crippen LogP contribution in [-0.2, 0) is 4.79 Å². The molecule has 0 saturated heterocycles. The highest BCUT2D eigenvalue weighted by Crippen LogP contribution is 2.45. The molecule has 1 saturated carbocycles. The van der Waals surface area contributed by atoms with Crippen molar-refractivity contribution in [1.29, 1.82) is 0 Å². The number of amides is 1. The number of carbonyl (C=O) groups excluding carboxylic acids is 1. The van der Waals surface area contributed by atoms with E-state index in [4.69, 9.17) is 5.73 Å². The maximum Gasteiger partial charge on any atom is 0.223 e. The quantitative estimate of drug-likeness (QED) is 0.559. The number of nitrogens with two attached hydrogens (primary N) is 1. The Balaban J connectivity index is 2.64. The standard InChI is InChI=1S/C7H13NO/c1-5-3-4-7(5,2)6(8)9/h5H,3-4H2,1-2H3,(H2,8,9). The highest BCUT2D eigenvalue weighted by molar-refractivity contribution is 5.81. The maximum atomic E-state index is 10.7. The van der Waals surface area contributed by atoms with Crippen LogP contribution in [0.25, 0.3) is 0 Å². The first kappa shape index (κ1) is 6.59. The van der Waals surface area contributed by atoms with Crippen LogP contribution in [0.3, 0.4) is 0 Å². The fourth-order valence-electron chi connectivity index (χ4n) is 1.23. The Hall–Kier alpha value is -0.530. The molecular formula is C7H13NO. The second-order valence-corrected chi connectivity index (χ2v) is 3.22. The first-order chi connectivity index (χ1) is 4.07. The highest BCUT2D eigenvalue weighted by Gasteiger charge is 2.44. The van der Waals surface area contributed by atoms with Gasteiger partial charge in [0.15, 0.2) is 0 Å². The van der Waals surface area contributed by atoms with E-state index in [1.807, 2.05) is 6.92 Å². The molecule has 0 heterocycles. The summed E-state index contributed by atoms with van der Waals surface area (Å²) in [5.74, 6) is 0.358. The van der Waals surface area contributed by atoms with Gasteiger partial charge in [-0.15, -0.1) is 0 Å². The van der Waals surface area contributed by atoms with Crippen LogP contribution in [0.5, 0.6) is 0 Å². The topological polar surface area (TPSA) is 43.1 Å². The van der Waals surface area contributed by atoms with Crippen molar-refractivity contribution in [2.45, 2.75) is 26.7 Å². The van der Waals surface area contributed by atoms with Crippen molar-refractivity contribution in [3.8, 4) is 0 Å². The van der Waals surface area contributed by atoms with Crippen LogP contribution in [0.2, 0.25) is 0 Å². The monoisotopic (exact) mass is 127 g/mol. The molecule has 0 radical (unpaired) electrons. The summed E-state index contributed by atoms with van der Waals surface area (Å²) >= 11 is 0.